The molecule has 0 radical (unpaired) electrons. The molecule has 2 N–H and O–H groups in total. The molecule has 0 saturated carbocycles. The van der Waals surface area contributed by atoms with Gasteiger partial charge in [-0.2, -0.15) is 0 Å². The van der Waals surface area contributed by atoms with E-state index in [0.29, 0.717) is 6.04 Å². The summed E-state index contributed by atoms with van der Waals surface area (Å²) in [6.07, 6.45) is 1.61. The zero-order valence-corrected chi connectivity index (χ0v) is 9.20. The molecule has 0 spiro atoms. The number of nitrogens with one attached hydrogen (secondary N) is 2. The molecular formula is C10H17N5. The van der Waals surface area contributed by atoms with Crippen molar-refractivity contribution in [3.05, 3.63) is 12.4 Å². The second kappa shape index (κ2) is 4.44. The Morgan fingerprint density at radius 3 is 2.93 bits per heavy atom. The Bertz CT molecular complexity index is 323. The summed E-state index contributed by atoms with van der Waals surface area (Å²) in [5.41, 5.74) is 0. The SMILES string of the molecule is CCN(C)c1cc(NC2CNC2)ncn1. The Morgan fingerprint density at radius 1 is 1.53 bits per heavy atom. The van der Waals surface area contributed by atoms with Crippen LogP contribution in [-0.2, 0) is 0 Å². The van der Waals surface area contributed by atoms with E-state index < -0.39 is 0 Å². The summed E-state index contributed by atoms with van der Waals surface area (Å²) in [6, 6.07) is 2.50. The molecule has 1 aromatic heterocycles. The Hall–Kier alpha value is -1.36. The maximum Gasteiger partial charge on any atom is 0.133 e. The monoisotopic (exact) mass is 207 g/mol. The number of aromatic nitrogens is 2. The summed E-state index contributed by atoms with van der Waals surface area (Å²) < 4.78 is 0. The van der Waals surface area contributed by atoms with Crippen molar-refractivity contribution in [3.63, 3.8) is 0 Å². The first-order valence-electron chi connectivity index (χ1n) is 5.30. The van der Waals surface area contributed by atoms with Gasteiger partial charge in [0.25, 0.3) is 0 Å². The highest BCUT2D eigenvalue weighted by Crippen LogP contribution is 2.13. The van der Waals surface area contributed by atoms with E-state index in [1.165, 1.54) is 0 Å². The highest BCUT2D eigenvalue weighted by atomic mass is 15.2. The van der Waals surface area contributed by atoms with Crippen molar-refractivity contribution in [2.75, 3.05) is 36.9 Å². The molecule has 0 atom stereocenters. The quantitative estimate of drug-likeness (QED) is 0.744. The third kappa shape index (κ3) is 2.36. The molecule has 5 nitrogen and oxygen atoms in total. The number of anilines is 2. The van der Waals surface area contributed by atoms with E-state index in [4.69, 9.17) is 0 Å². The topological polar surface area (TPSA) is 53.1 Å². The lowest BCUT2D eigenvalue weighted by atomic mass is 10.2. The molecule has 5 heteroatoms. The van der Waals surface area contributed by atoms with Crippen LogP contribution in [0.4, 0.5) is 11.6 Å². The molecule has 1 saturated heterocycles. The molecule has 1 aromatic rings. The van der Waals surface area contributed by atoms with E-state index in [1.54, 1.807) is 6.33 Å². The molecule has 0 aliphatic carbocycles. The molecular weight excluding hydrogens is 190 g/mol. The van der Waals surface area contributed by atoms with E-state index >= 15 is 0 Å². The van der Waals surface area contributed by atoms with Crippen LogP contribution in [0.15, 0.2) is 12.4 Å². The summed E-state index contributed by atoms with van der Waals surface area (Å²) in [5, 5.41) is 6.57. The predicted molar refractivity (Wildman–Crippen MR) is 61.3 cm³/mol. The molecule has 0 amide bonds. The number of rotatable bonds is 4. The number of hydrogen-bond acceptors (Lipinski definition) is 5. The van der Waals surface area contributed by atoms with Crippen LogP contribution in [0.25, 0.3) is 0 Å². The Balaban J connectivity index is 2.04. The number of hydrogen-bond donors (Lipinski definition) is 2. The van der Waals surface area contributed by atoms with Crippen LogP contribution >= 0.6 is 0 Å². The van der Waals surface area contributed by atoms with Gasteiger partial charge in [-0.1, -0.05) is 0 Å². The normalized spacial score (nSPS) is 15.9. The van der Waals surface area contributed by atoms with Crippen LogP contribution in [0.2, 0.25) is 0 Å². The van der Waals surface area contributed by atoms with Crippen molar-refractivity contribution in [2.24, 2.45) is 0 Å². The van der Waals surface area contributed by atoms with E-state index in [9.17, 15) is 0 Å². The zero-order chi connectivity index (χ0) is 10.7. The third-order valence-electron chi connectivity index (χ3n) is 2.65. The van der Waals surface area contributed by atoms with Gasteiger partial charge in [-0.3, -0.25) is 0 Å². The van der Waals surface area contributed by atoms with Crippen molar-refractivity contribution in [1.29, 1.82) is 0 Å². The fourth-order valence-electron chi connectivity index (χ4n) is 1.40. The maximum absolute atomic E-state index is 4.22. The maximum atomic E-state index is 4.22. The summed E-state index contributed by atoms with van der Waals surface area (Å²) in [4.78, 5) is 10.5. The van der Waals surface area contributed by atoms with Gasteiger partial charge in [-0.25, -0.2) is 9.97 Å². The fourth-order valence-corrected chi connectivity index (χ4v) is 1.40. The first kappa shape index (κ1) is 10.2. The third-order valence-corrected chi connectivity index (χ3v) is 2.65. The molecule has 1 aliphatic heterocycles. The van der Waals surface area contributed by atoms with Gasteiger partial charge < -0.3 is 15.5 Å². The average molecular weight is 207 g/mol. The van der Waals surface area contributed by atoms with E-state index in [0.717, 1.165) is 31.3 Å². The van der Waals surface area contributed by atoms with Crippen molar-refractivity contribution in [3.8, 4) is 0 Å². The minimum Gasteiger partial charge on any atom is -0.365 e. The highest BCUT2D eigenvalue weighted by Gasteiger charge is 2.16. The first-order valence-corrected chi connectivity index (χ1v) is 5.30. The second-order valence-corrected chi connectivity index (χ2v) is 3.78. The lowest BCUT2D eigenvalue weighted by molar-refractivity contribution is 0.471. The Labute approximate surface area is 89.9 Å². The Morgan fingerprint density at radius 2 is 2.33 bits per heavy atom. The smallest absolute Gasteiger partial charge is 0.133 e. The van der Waals surface area contributed by atoms with Crippen molar-refractivity contribution >= 4 is 11.6 Å². The molecule has 2 rings (SSSR count). The minimum atomic E-state index is 0.514. The molecule has 1 fully saturated rings. The molecule has 1 aliphatic rings. The van der Waals surface area contributed by atoms with Crippen molar-refractivity contribution < 1.29 is 0 Å². The summed E-state index contributed by atoms with van der Waals surface area (Å²) >= 11 is 0. The van der Waals surface area contributed by atoms with Gasteiger partial charge in [0.05, 0.1) is 6.04 Å². The van der Waals surface area contributed by atoms with Crippen LogP contribution in [-0.4, -0.2) is 42.7 Å². The van der Waals surface area contributed by atoms with Gasteiger partial charge in [-0.05, 0) is 6.92 Å². The lowest BCUT2D eigenvalue weighted by Gasteiger charge is -2.28. The van der Waals surface area contributed by atoms with Crippen LogP contribution in [0.5, 0.6) is 0 Å². The standard InChI is InChI=1S/C10H17N5/c1-3-15(2)10-4-9(12-7-13-10)14-8-5-11-6-8/h4,7-8,11H,3,5-6H2,1-2H3,(H,12,13,14). The first-order chi connectivity index (χ1) is 7.29. The van der Waals surface area contributed by atoms with Gasteiger partial charge in [0, 0.05) is 32.7 Å². The summed E-state index contributed by atoms with van der Waals surface area (Å²) in [7, 11) is 2.02. The molecule has 0 bridgehead atoms. The largest absolute Gasteiger partial charge is 0.365 e. The Kier molecular flexibility index (Phi) is 3.01. The van der Waals surface area contributed by atoms with Gasteiger partial charge in [-0.15, -0.1) is 0 Å². The highest BCUT2D eigenvalue weighted by molar-refractivity contribution is 5.48. The van der Waals surface area contributed by atoms with E-state index in [2.05, 4.69) is 32.4 Å². The second-order valence-electron chi connectivity index (χ2n) is 3.78. The average Bonchev–Trinajstić information content (AvgIpc) is 2.23. The molecule has 15 heavy (non-hydrogen) atoms. The number of nitrogens with zero attached hydrogens (tertiary/aromatic N) is 3. The van der Waals surface area contributed by atoms with E-state index in [-0.39, 0.29) is 0 Å². The van der Waals surface area contributed by atoms with Crippen LogP contribution in [0.1, 0.15) is 6.92 Å². The van der Waals surface area contributed by atoms with Crippen LogP contribution < -0.4 is 15.5 Å². The lowest BCUT2D eigenvalue weighted by Crippen LogP contribution is -2.51. The molecule has 82 valence electrons. The van der Waals surface area contributed by atoms with Crippen molar-refractivity contribution in [2.45, 2.75) is 13.0 Å². The van der Waals surface area contributed by atoms with E-state index in [1.807, 2.05) is 13.1 Å². The van der Waals surface area contributed by atoms with Gasteiger partial charge in [0.2, 0.25) is 0 Å². The molecule has 0 aromatic carbocycles. The zero-order valence-electron chi connectivity index (χ0n) is 9.20. The van der Waals surface area contributed by atoms with Crippen molar-refractivity contribution in [1.82, 2.24) is 15.3 Å². The molecule has 0 unspecified atom stereocenters. The summed E-state index contributed by atoms with van der Waals surface area (Å²) in [6.45, 7) is 5.08. The molecule has 2 heterocycles. The van der Waals surface area contributed by atoms with Gasteiger partial charge >= 0.3 is 0 Å². The van der Waals surface area contributed by atoms with Crippen LogP contribution in [0.3, 0.4) is 0 Å². The predicted octanol–water partition coefficient (Wildman–Crippen LogP) is 0.316. The van der Waals surface area contributed by atoms with Crippen LogP contribution in [0, 0.1) is 0 Å². The van der Waals surface area contributed by atoms with Gasteiger partial charge in [0.15, 0.2) is 0 Å². The summed E-state index contributed by atoms with van der Waals surface area (Å²) in [5.74, 6) is 1.87. The minimum absolute atomic E-state index is 0.514. The van der Waals surface area contributed by atoms with Gasteiger partial charge in [0.1, 0.15) is 18.0 Å². The fraction of sp³-hybridized carbons (Fsp3) is 0.600.